The first-order chi connectivity index (χ1) is 7.54. The van der Waals surface area contributed by atoms with Gasteiger partial charge in [0.25, 0.3) is 0 Å². The molecule has 0 spiro atoms. The Kier molecular flexibility index (Phi) is 9.75. The van der Waals surface area contributed by atoms with Crippen molar-refractivity contribution in [1.82, 2.24) is 0 Å². The smallest absolute Gasteiger partial charge is 0.388 e. The van der Waals surface area contributed by atoms with E-state index in [1.807, 2.05) is 27.7 Å². The Balaban J connectivity index is 0. The summed E-state index contributed by atoms with van der Waals surface area (Å²) in [5.41, 5.74) is -0.167. The van der Waals surface area contributed by atoms with Crippen molar-refractivity contribution in [2.24, 2.45) is 0 Å². The normalized spacial score (nSPS) is 9.25. The Morgan fingerprint density at radius 1 is 1.00 bits per heavy atom. The highest BCUT2D eigenvalue weighted by atomic mass is 19.4. The van der Waals surface area contributed by atoms with Gasteiger partial charge in [0.15, 0.2) is 0 Å². The summed E-state index contributed by atoms with van der Waals surface area (Å²) in [7, 11) is 1.58. The Hall–Kier alpha value is -1.19. The topological polar surface area (TPSA) is 12.0 Å². The van der Waals surface area contributed by atoms with Crippen LogP contribution in [0.3, 0.4) is 0 Å². The molecular formula is C12H20F3N. The number of halogens is 3. The van der Waals surface area contributed by atoms with Crippen LogP contribution in [-0.2, 0) is 6.18 Å². The van der Waals surface area contributed by atoms with Crippen LogP contribution in [0.25, 0.3) is 0 Å². The van der Waals surface area contributed by atoms with Crippen LogP contribution in [0.5, 0.6) is 0 Å². The first-order valence-corrected chi connectivity index (χ1v) is 5.39. The molecule has 1 aromatic rings. The maximum atomic E-state index is 12.1. The van der Waals surface area contributed by atoms with Gasteiger partial charge in [-0.05, 0) is 18.2 Å². The van der Waals surface area contributed by atoms with Crippen LogP contribution in [0.1, 0.15) is 33.3 Å². The lowest BCUT2D eigenvalue weighted by molar-refractivity contribution is -0.137. The van der Waals surface area contributed by atoms with E-state index < -0.39 is 11.7 Å². The summed E-state index contributed by atoms with van der Waals surface area (Å²) in [4.78, 5) is 0. The van der Waals surface area contributed by atoms with Gasteiger partial charge in [-0.3, -0.25) is 0 Å². The van der Waals surface area contributed by atoms with Crippen molar-refractivity contribution in [2.45, 2.75) is 33.9 Å². The molecule has 0 aliphatic carbocycles. The van der Waals surface area contributed by atoms with Crippen LogP contribution in [0, 0.1) is 0 Å². The lowest BCUT2D eigenvalue weighted by Gasteiger charge is -2.07. The fourth-order valence-corrected chi connectivity index (χ4v) is 0.851. The largest absolute Gasteiger partial charge is 0.416 e. The molecule has 1 rings (SSSR count). The number of hydrogen-bond acceptors (Lipinski definition) is 1. The van der Waals surface area contributed by atoms with E-state index in [2.05, 4.69) is 5.32 Å². The average molecular weight is 235 g/mol. The average Bonchev–Trinajstić information content (AvgIpc) is 2.33. The minimum atomic E-state index is -4.26. The van der Waals surface area contributed by atoms with E-state index in [1.165, 1.54) is 6.07 Å². The molecule has 0 radical (unpaired) electrons. The summed E-state index contributed by atoms with van der Waals surface area (Å²) in [6.45, 7) is 8.00. The number of benzene rings is 1. The Morgan fingerprint density at radius 3 is 1.88 bits per heavy atom. The van der Waals surface area contributed by atoms with Crippen molar-refractivity contribution in [2.75, 3.05) is 12.4 Å². The minimum absolute atomic E-state index is 0.463. The van der Waals surface area contributed by atoms with Gasteiger partial charge in [-0.2, -0.15) is 13.2 Å². The van der Waals surface area contributed by atoms with E-state index in [0.29, 0.717) is 5.69 Å². The van der Waals surface area contributed by atoms with Gasteiger partial charge in [0.1, 0.15) is 0 Å². The van der Waals surface area contributed by atoms with Gasteiger partial charge in [0, 0.05) is 12.7 Å². The second-order valence-corrected chi connectivity index (χ2v) is 2.33. The van der Waals surface area contributed by atoms with Crippen molar-refractivity contribution >= 4 is 5.69 Å². The molecular weight excluding hydrogens is 215 g/mol. The molecule has 0 saturated heterocycles. The van der Waals surface area contributed by atoms with Gasteiger partial charge in [-0.1, -0.05) is 33.8 Å². The number of alkyl halides is 3. The number of hydrogen-bond donors (Lipinski definition) is 1. The molecule has 0 fully saturated rings. The van der Waals surface area contributed by atoms with Crippen LogP contribution in [-0.4, -0.2) is 7.05 Å². The van der Waals surface area contributed by atoms with Gasteiger partial charge in [-0.15, -0.1) is 0 Å². The van der Waals surface area contributed by atoms with Gasteiger partial charge in [0.2, 0.25) is 0 Å². The predicted molar refractivity (Wildman–Crippen MR) is 63.7 cm³/mol. The zero-order valence-corrected chi connectivity index (χ0v) is 10.4. The standard InChI is InChI=1S/C8H8F3N.2C2H6/c1-12-7-4-2-3-6(5-7)8(9,10)11;2*1-2/h2-5,12H,1H3;2*1-2H3. The molecule has 0 heterocycles. The summed E-state index contributed by atoms with van der Waals surface area (Å²) in [5, 5.41) is 2.64. The third-order valence-electron chi connectivity index (χ3n) is 1.48. The van der Waals surface area contributed by atoms with Crippen LogP contribution in [0.2, 0.25) is 0 Å². The summed E-state index contributed by atoms with van der Waals surface area (Å²) < 4.78 is 36.2. The Bertz CT molecular complexity index is 269. The molecule has 1 N–H and O–H groups in total. The number of anilines is 1. The summed E-state index contributed by atoms with van der Waals surface area (Å²) >= 11 is 0. The predicted octanol–water partition coefficient (Wildman–Crippen LogP) is 4.80. The lowest BCUT2D eigenvalue weighted by Crippen LogP contribution is -2.04. The molecule has 0 atom stereocenters. The van der Waals surface area contributed by atoms with Gasteiger partial charge in [-0.25, -0.2) is 0 Å². The van der Waals surface area contributed by atoms with Gasteiger partial charge in [0.05, 0.1) is 5.56 Å². The fourth-order valence-electron chi connectivity index (χ4n) is 0.851. The van der Waals surface area contributed by atoms with Crippen molar-refractivity contribution < 1.29 is 13.2 Å². The second-order valence-electron chi connectivity index (χ2n) is 2.33. The zero-order chi connectivity index (χ0) is 13.2. The quantitative estimate of drug-likeness (QED) is 0.737. The second kappa shape index (κ2) is 9.07. The molecule has 0 bridgehead atoms. The SMILES string of the molecule is CC.CC.CNc1cccc(C(F)(F)F)c1. The molecule has 0 saturated carbocycles. The third-order valence-corrected chi connectivity index (χ3v) is 1.48. The molecule has 1 nitrogen and oxygen atoms in total. The van der Waals surface area contributed by atoms with E-state index in [9.17, 15) is 13.2 Å². The van der Waals surface area contributed by atoms with E-state index >= 15 is 0 Å². The van der Waals surface area contributed by atoms with E-state index in [1.54, 1.807) is 13.1 Å². The van der Waals surface area contributed by atoms with Gasteiger partial charge >= 0.3 is 6.18 Å². The van der Waals surface area contributed by atoms with E-state index in [4.69, 9.17) is 0 Å². The third kappa shape index (κ3) is 6.32. The van der Waals surface area contributed by atoms with Crippen LogP contribution in [0.15, 0.2) is 24.3 Å². The molecule has 1 aromatic carbocycles. The fraction of sp³-hybridized carbons (Fsp3) is 0.500. The first kappa shape index (κ1) is 17.2. The maximum absolute atomic E-state index is 12.1. The highest BCUT2D eigenvalue weighted by molar-refractivity contribution is 5.45. The molecule has 0 amide bonds. The minimum Gasteiger partial charge on any atom is -0.388 e. The molecule has 0 aliphatic heterocycles. The molecule has 0 aliphatic rings. The number of nitrogens with one attached hydrogen (secondary N) is 1. The highest BCUT2D eigenvalue weighted by Crippen LogP contribution is 2.30. The van der Waals surface area contributed by atoms with Crippen LogP contribution < -0.4 is 5.32 Å². The molecule has 4 heteroatoms. The molecule has 16 heavy (non-hydrogen) atoms. The number of rotatable bonds is 1. The summed E-state index contributed by atoms with van der Waals surface area (Å²) in [6, 6.07) is 5.06. The van der Waals surface area contributed by atoms with Crippen molar-refractivity contribution in [3.8, 4) is 0 Å². The molecule has 94 valence electrons. The van der Waals surface area contributed by atoms with Crippen molar-refractivity contribution in [3.05, 3.63) is 29.8 Å². The Labute approximate surface area is 95.7 Å². The highest BCUT2D eigenvalue weighted by Gasteiger charge is 2.30. The van der Waals surface area contributed by atoms with E-state index in [-0.39, 0.29) is 0 Å². The lowest BCUT2D eigenvalue weighted by atomic mass is 10.2. The van der Waals surface area contributed by atoms with Crippen molar-refractivity contribution in [1.29, 1.82) is 0 Å². The summed E-state index contributed by atoms with van der Waals surface area (Å²) in [6.07, 6.45) is -4.26. The Morgan fingerprint density at radius 2 is 1.50 bits per heavy atom. The van der Waals surface area contributed by atoms with E-state index in [0.717, 1.165) is 12.1 Å². The maximum Gasteiger partial charge on any atom is 0.416 e. The van der Waals surface area contributed by atoms with Crippen molar-refractivity contribution in [3.63, 3.8) is 0 Å². The summed E-state index contributed by atoms with van der Waals surface area (Å²) in [5.74, 6) is 0. The van der Waals surface area contributed by atoms with Crippen LogP contribution >= 0.6 is 0 Å². The molecule has 0 aromatic heterocycles. The monoisotopic (exact) mass is 235 g/mol. The van der Waals surface area contributed by atoms with Crippen LogP contribution in [0.4, 0.5) is 18.9 Å². The molecule has 0 unspecified atom stereocenters. The first-order valence-electron chi connectivity index (χ1n) is 5.39. The van der Waals surface area contributed by atoms with Gasteiger partial charge < -0.3 is 5.32 Å². The zero-order valence-electron chi connectivity index (χ0n) is 10.4.